The molecule has 0 heterocycles. The minimum atomic E-state index is 0.0167. The van der Waals surface area contributed by atoms with Gasteiger partial charge in [-0.15, -0.1) is 0 Å². The summed E-state index contributed by atoms with van der Waals surface area (Å²) in [5.74, 6) is 1.06. The van der Waals surface area contributed by atoms with Crippen LogP contribution < -0.4 is 10.6 Å². The van der Waals surface area contributed by atoms with E-state index in [0.29, 0.717) is 12.5 Å². The smallest absolute Gasteiger partial charge is 0.224 e. The number of hydrogen-bond acceptors (Lipinski definition) is 3. The van der Waals surface area contributed by atoms with Crippen molar-refractivity contribution in [2.24, 2.45) is 5.92 Å². The van der Waals surface area contributed by atoms with Gasteiger partial charge in [0.1, 0.15) is 5.75 Å². The van der Waals surface area contributed by atoms with Crippen LogP contribution in [0.25, 0.3) is 0 Å². The second-order valence-electron chi connectivity index (χ2n) is 5.97. The Morgan fingerprint density at radius 2 is 2.19 bits per heavy atom. The average Bonchev–Trinajstić information content (AvgIpc) is 3.19. The van der Waals surface area contributed by atoms with Crippen LogP contribution >= 0.6 is 0 Å². The van der Waals surface area contributed by atoms with Crippen molar-refractivity contribution >= 4 is 11.6 Å². The Kier molecular flexibility index (Phi) is 5.23. The zero-order chi connectivity index (χ0) is 15.4. The van der Waals surface area contributed by atoms with Crippen molar-refractivity contribution < 1.29 is 9.90 Å². The van der Waals surface area contributed by atoms with Crippen LogP contribution in [0.4, 0.5) is 5.69 Å². The molecule has 1 aromatic rings. The zero-order valence-corrected chi connectivity index (χ0v) is 13.1. The van der Waals surface area contributed by atoms with Crippen LogP contribution in [0.1, 0.15) is 58.1 Å². The molecule has 1 amide bonds. The summed E-state index contributed by atoms with van der Waals surface area (Å²) in [6.45, 7) is 6.24. The highest BCUT2D eigenvalue weighted by Gasteiger charge is 2.36. The van der Waals surface area contributed by atoms with Gasteiger partial charge in [-0.3, -0.25) is 4.79 Å². The number of phenols is 1. The van der Waals surface area contributed by atoms with Crippen LogP contribution in [0.5, 0.6) is 5.75 Å². The number of carbonyl (C=O) groups is 1. The second-order valence-corrected chi connectivity index (χ2v) is 5.97. The van der Waals surface area contributed by atoms with E-state index in [1.165, 1.54) is 12.8 Å². The van der Waals surface area contributed by atoms with E-state index in [2.05, 4.69) is 24.5 Å². The number of amides is 1. The first-order valence-electron chi connectivity index (χ1n) is 7.93. The molecule has 2 rings (SSSR count). The van der Waals surface area contributed by atoms with Crippen molar-refractivity contribution in [1.29, 1.82) is 0 Å². The molecule has 1 aliphatic rings. The number of rotatable bonds is 7. The van der Waals surface area contributed by atoms with Crippen LogP contribution in [-0.4, -0.2) is 17.1 Å². The summed E-state index contributed by atoms with van der Waals surface area (Å²) in [5, 5.41) is 16.5. The monoisotopic (exact) mass is 290 g/mol. The first-order valence-corrected chi connectivity index (χ1v) is 7.93. The maximum absolute atomic E-state index is 11.7. The molecule has 0 spiro atoms. The first kappa shape index (κ1) is 15.8. The summed E-state index contributed by atoms with van der Waals surface area (Å²) in [5.41, 5.74) is 1.59. The normalized spacial score (nSPS) is 21.9. The predicted octanol–water partition coefficient (Wildman–Crippen LogP) is 3.58. The highest BCUT2D eigenvalue weighted by atomic mass is 16.3. The summed E-state index contributed by atoms with van der Waals surface area (Å²) in [7, 11) is 0. The molecule has 0 radical (unpaired) electrons. The molecule has 21 heavy (non-hydrogen) atoms. The summed E-state index contributed by atoms with van der Waals surface area (Å²) < 4.78 is 0. The van der Waals surface area contributed by atoms with Crippen molar-refractivity contribution in [1.82, 2.24) is 5.32 Å². The fourth-order valence-electron chi connectivity index (χ4n) is 2.74. The molecule has 1 aromatic carbocycles. The standard InChI is InChI=1S/C17H26N2O2/c1-4-6-17(21)19-13-7-8-16(20)14(10-13)11(3)18-15-9-12(15)5-2/h7-8,10-12,15,18,20H,4-6,9H2,1-3H3,(H,19,21). The third-order valence-corrected chi connectivity index (χ3v) is 4.17. The van der Waals surface area contributed by atoms with Gasteiger partial charge in [-0.1, -0.05) is 20.3 Å². The molecule has 0 aromatic heterocycles. The van der Waals surface area contributed by atoms with Crippen LogP contribution in [0.15, 0.2) is 18.2 Å². The lowest BCUT2D eigenvalue weighted by atomic mass is 10.1. The van der Waals surface area contributed by atoms with E-state index in [0.717, 1.165) is 23.6 Å². The van der Waals surface area contributed by atoms with Gasteiger partial charge in [0.15, 0.2) is 0 Å². The lowest BCUT2D eigenvalue weighted by molar-refractivity contribution is -0.116. The summed E-state index contributed by atoms with van der Waals surface area (Å²) >= 11 is 0. The average molecular weight is 290 g/mol. The van der Waals surface area contributed by atoms with Crippen molar-refractivity contribution in [3.63, 3.8) is 0 Å². The Morgan fingerprint density at radius 1 is 1.43 bits per heavy atom. The lowest BCUT2D eigenvalue weighted by Gasteiger charge is -2.17. The quantitative estimate of drug-likeness (QED) is 0.673. The molecule has 1 aliphatic carbocycles. The number of anilines is 1. The molecule has 116 valence electrons. The van der Waals surface area contributed by atoms with Gasteiger partial charge >= 0.3 is 0 Å². The number of hydrogen-bond donors (Lipinski definition) is 3. The molecule has 3 unspecified atom stereocenters. The third-order valence-electron chi connectivity index (χ3n) is 4.17. The SMILES string of the molecule is CCCC(=O)Nc1ccc(O)c(C(C)NC2CC2CC)c1. The van der Waals surface area contributed by atoms with E-state index in [4.69, 9.17) is 0 Å². The molecule has 4 nitrogen and oxygen atoms in total. The summed E-state index contributed by atoms with van der Waals surface area (Å²) in [6, 6.07) is 5.89. The van der Waals surface area contributed by atoms with Crippen LogP contribution in [0, 0.1) is 5.92 Å². The molecule has 1 fully saturated rings. The topological polar surface area (TPSA) is 61.4 Å². The van der Waals surface area contributed by atoms with Gasteiger partial charge < -0.3 is 15.7 Å². The first-order chi connectivity index (χ1) is 10.0. The Bertz CT molecular complexity index is 502. The highest BCUT2D eigenvalue weighted by molar-refractivity contribution is 5.90. The van der Waals surface area contributed by atoms with Crippen LogP contribution in [0.3, 0.4) is 0 Å². The second kappa shape index (κ2) is 6.94. The van der Waals surface area contributed by atoms with Crippen molar-refractivity contribution in [3.05, 3.63) is 23.8 Å². The largest absolute Gasteiger partial charge is 0.508 e. The third kappa shape index (κ3) is 4.21. The van der Waals surface area contributed by atoms with E-state index in [9.17, 15) is 9.90 Å². The maximum atomic E-state index is 11.7. The summed E-state index contributed by atoms with van der Waals surface area (Å²) in [6.07, 6.45) is 3.76. The predicted molar refractivity (Wildman–Crippen MR) is 85.4 cm³/mol. The molecule has 3 N–H and O–H groups in total. The Balaban J connectivity index is 2.02. The number of nitrogens with one attached hydrogen (secondary N) is 2. The van der Waals surface area contributed by atoms with Gasteiger partial charge in [0, 0.05) is 29.8 Å². The molecule has 0 saturated heterocycles. The van der Waals surface area contributed by atoms with E-state index in [1.807, 2.05) is 13.0 Å². The van der Waals surface area contributed by atoms with Crippen molar-refractivity contribution in [2.75, 3.05) is 5.32 Å². The molecule has 1 saturated carbocycles. The molecule has 0 aliphatic heterocycles. The Labute approximate surface area is 126 Å². The molecular formula is C17H26N2O2. The van der Waals surface area contributed by atoms with Gasteiger partial charge in [0.25, 0.3) is 0 Å². The minimum absolute atomic E-state index is 0.0167. The molecular weight excluding hydrogens is 264 g/mol. The molecule has 4 heteroatoms. The van der Waals surface area contributed by atoms with Crippen molar-refractivity contribution in [3.8, 4) is 5.75 Å². The van der Waals surface area contributed by atoms with E-state index in [-0.39, 0.29) is 17.7 Å². The zero-order valence-electron chi connectivity index (χ0n) is 13.1. The lowest BCUT2D eigenvalue weighted by Crippen LogP contribution is -2.22. The van der Waals surface area contributed by atoms with Crippen molar-refractivity contribution in [2.45, 2.75) is 58.5 Å². The molecule has 0 bridgehead atoms. The number of aromatic hydroxyl groups is 1. The minimum Gasteiger partial charge on any atom is -0.508 e. The fourth-order valence-corrected chi connectivity index (χ4v) is 2.74. The van der Waals surface area contributed by atoms with E-state index in [1.54, 1.807) is 12.1 Å². The fraction of sp³-hybridized carbons (Fsp3) is 0.588. The van der Waals surface area contributed by atoms with Gasteiger partial charge in [-0.2, -0.15) is 0 Å². The van der Waals surface area contributed by atoms with Gasteiger partial charge in [-0.05, 0) is 43.9 Å². The Morgan fingerprint density at radius 3 is 2.81 bits per heavy atom. The Hall–Kier alpha value is -1.55. The van der Waals surface area contributed by atoms with E-state index < -0.39 is 0 Å². The van der Waals surface area contributed by atoms with E-state index >= 15 is 0 Å². The summed E-state index contributed by atoms with van der Waals surface area (Å²) in [4.78, 5) is 11.7. The number of carbonyl (C=O) groups excluding carboxylic acids is 1. The molecule has 3 atom stereocenters. The van der Waals surface area contributed by atoms with Gasteiger partial charge in [0.2, 0.25) is 5.91 Å². The number of benzene rings is 1. The van der Waals surface area contributed by atoms with Crippen LogP contribution in [-0.2, 0) is 4.79 Å². The van der Waals surface area contributed by atoms with Gasteiger partial charge in [0.05, 0.1) is 0 Å². The van der Waals surface area contributed by atoms with Gasteiger partial charge in [-0.25, -0.2) is 0 Å². The number of phenolic OH excluding ortho intramolecular Hbond substituents is 1. The van der Waals surface area contributed by atoms with Crippen LogP contribution in [0.2, 0.25) is 0 Å². The maximum Gasteiger partial charge on any atom is 0.224 e. The highest BCUT2D eigenvalue weighted by Crippen LogP contribution is 2.36.